The minimum Gasteiger partial charge on any atom is -0.457 e. The first-order valence-electron chi connectivity index (χ1n) is 25.2. The monoisotopic (exact) mass is 932 g/mol. The van der Waals surface area contributed by atoms with Crippen molar-refractivity contribution in [1.29, 1.82) is 0 Å². The van der Waals surface area contributed by atoms with Gasteiger partial charge in [-0.1, -0.05) is 112 Å². The summed E-state index contributed by atoms with van der Waals surface area (Å²) in [6.07, 6.45) is 3.77. The van der Waals surface area contributed by atoms with Crippen LogP contribution < -0.4 is 14.5 Å². The number of pyridine rings is 2. The van der Waals surface area contributed by atoms with E-state index in [0.29, 0.717) is 5.75 Å². The molecule has 2 aliphatic heterocycles. The molecule has 1 aliphatic carbocycles. The maximum Gasteiger partial charge on any atom is 0.141 e. The Balaban J connectivity index is 1.11. The summed E-state index contributed by atoms with van der Waals surface area (Å²) < 4.78 is 7.21. The van der Waals surface area contributed by atoms with Crippen LogP contribution in [-0.4, -0.2) is 15.8 Å². The van der Waals surface area contributed by atoms with Crippen molar-refractivity contribution in [1.82, 2.24) is 9.97 Å². The van der Waals surface area contributed by atoms with E-state index < -0.39 is 5.54 Å². The van der Waals surface area contributed by atoms with Gasteiger partial charge in [0.15, 0.2) is 0 Å². The Morgan fingerprint density at radius 1 is 0.549 bits per heavy atom. The van der Waals surface area contributed by atoms with Crippen LogP contribution >= 0.6 is 0 Å². The molecule has 0 bridgehead atoms. The van der Waals surface area contributed by atoms with E-state index >= 15 is 0 Å². The third-order valence-electron chi connectivity index (χ3n) is 15.4. The van der Waals surface area contributed by atoms with E-state index in [9.17, 15) is 0 Å². The molecule has 6 aromatic carbocycles. The molecule has 2 aromatic heterocycles. The Kier molecular flexibility index (Phi) is 10.6. The van der Waals surface area contributed by atoms with Crippen LogP contribution in [0.5, 0.6) is 11.5 Å². The highest BCUT2D eigenvalue weighted by Gasteiger charge is 2.54. The van der Waals surface area contributed by atoms with Crippen LogP contribution in [0.25, 0.3) is 22.4 Å². The van der Waals surface area contributed by atoms with Crippen molar-refractivity contribution in [2.75, 3.05) is 9.80 Å². The molecule has 0 saturated carbocycles. The van der Waals surface area contributed by atoms with Gasteiger partial charge in [0.2, 0.25) is 0 Å². The first kappa shape index (κ1) is 46.1. The average molecular weight is 932 g/mol. The maximum absolute atomic E-state index is 7.21. The molecule has 11 rings (SSSR count). The molecule has 0 saturated heterocycles. The van der Waals surface area contributed by atoms with E-state index in [-0.39, 0.29) is 16.9 Å². The molecule has 0 amide bonds. The number of aryl methyl sites for hydroxylation is 8. The summed E-state index contributed by atoms with van der Waals surface area (Å²) in [5, 5.41) is 0. The summed E-state index contributed by atoms with van der Waals surface area (Å²) in [5.41, 5.74) is 24.0. The number of hydrogen-bond acceptors (Lipinski definition) is 6. The fourth-order valence-corrected chi connectivity index (χ4v) is 12.4. The van der Waals surface area contributed by atoms with E-state index in [1.165, 1.54) is 83.6 Å². The number of fused-ring (bicyclic) bond motifs is 8. The topological polar surface area (TPSA) is 53.9 Å². The molecule has 71 heavy (non-hydrogen) atoms. The summed E-state index contributed by atoms with van der Waals surface area (Å²) in [4.78, 5) is 20.9. The summed E-state index contributed by atoms with van der Waals surface area (Å²) in [5.74, 6) is 3.27. The lowest BCUT2D eigenvalue weighted by Gasteiger charge is -2.44. The average Bonchev–Trinajstić information content (AvgIpc) is 3.62. The second-order valence-corrected chi connectivity index (χ2v) is 22.5. The lowest BCUT2D eigenvalue weighted by atomic mass is 9.68. The van der Waals surface area contributed by atoms with Crippen LogP contribution in [0.15, 0.2) is 139 Å². The number of rotatable bonds is 6. The summed E-state index contributed by atoms with van der Waals surface area (Å²) in [7, 11) is 0. The van der Waals surface area contributed by atoms with E-state index in [1.807, 2.05) is 24.5 Å². The summed E-state index contributed by atoms with van der Waals surface area (Å²) in [6, 6.07) is 44.4. The van der Waals surface area contributed by atoms with E-state index in [4.69, 9.17) is 19.7 Å². The fraction of sp³-hybridized carbons (Fsp3) is 0.277. The van der Waals surface area contributed by atoms with Gasteiger partial charge in [0.25, 0.3) is 0 Å². The second kappa shape index (κ2) is 16.4. The lowest BCUT2D eigenvalue weighted by molar-refractivity contribution is 0.423. The molecule has 0 unspecified atom stereocenters. The molecular formula is C65H65N5O. The Hall–Kier alpha value is -7.31. The van der Waals surface area contributed by atoms with Gasteiger partial charge in [0.05, 0.1) is 23.1 Å². The van der Waals surface area contributed by atoms with Gasteiger partial charge in [-0.15, -0.1) is 0 Å². The van der Waals surface area contributed by atoms with Gasteiger partial charge in [-0.2, -0.15) is 0 Å². The van der Waals surface area contributed by atoms with Crippen LogP contribution in [0.2, 0.25) is 0 Å². The first-order valence-corrected chi connectivity index (χ1v) is 25.2. The Bertz CT molecular complexity index is 3520. The van der Waals surface area contributed by atoms with Gasteiger partial charge in [0.1, 0.15) is 28.7 Å². The first-order chi connectivity index (χ1) is 33.7. The highest BCUT2D eigenvalue weighted by molar-refractivity contribution is 6.14. The normalized spacial score (nSPS) is 17.5. The predicted molar refractivity (Wildman–Crippen MR) is 295 cm³/mol. The highest BCUT2D eigenvalue weighted by Crippen LogP contribution is 2.60. The molecule has 8 aromatic rings. The fourth-order valence-electron chi connectivity index (χ4n) is 12.4. The Morgan fingerprint density at radius 3 is 1.92 bits per heavy atom. The number of nitrogens with zero attached hydrogens (tertiary/aromatic N) is 5. The molecule has 356 valence electrons. The largest absolute Gasteiger partial charge is 0.457 e. The van der Waals surface area contributed by atoms with Crippen molar-refractivity contribution in [3.05, 3.63) is 212 Å². The van der Waals surface area contributed by atoms with E-state index in [1.54, 1.807) is 0 Å². The summed E-state index contributed by atoms with van der Waals surface area (Å²) >= 11 is 0. The second-order valence-electron chi connectivity index (χ2n) is 22.5. The minimum atomic E-state index is -0.636. The van der Waals surface area contributed by atoms with Gasteiger partial charge in [0, 0.05) is 46.3 Å². The zero-order valence-electron chi connectivity index (χ0n) is 43.9. The third-order valence-corrected chi connectivity index (χ3v) is 15.4. The van der Waals surface area contributed by atoms with Crippen LogP contribution in [0, 0.1) is 55.4 Å². The highest BCUT2D eigenvalue weighted by atomic mass is 16.5. The van der Waals surface area contributed by atoms with Crippen LogP contribution in [0.3, 0.4) is 0 Å². The quantitative estimate of drug-likeness (QED) is 0.166. The molecule has 2 atom stereocenters. The Morgan fingerprint density at radius 2 is 1.20 bits per heavy atom. The van der Waals surface area contributed by atoms with Gasteiger partial charge in [-0.3, -0.25) is 14.9 Å². The third kappa shape index (κ3) is 7.48. The number of anilines is 4. The van der Waals surface area contributed by atoms with Crippen molar-refractivity contribution in [2.45, 2.75) is 119 Å². The zero-order valence-corrected chi connectivity index (χ0v) is 43.9. The zero-order chi connectivity index (χ0) is 50.1. The number of hydrogen-bond donors (Lipinski definition) is 0. The van der Waals surface area contributed by atoms with Crippen molar-refractivity contribution in [3.63, 3.8) is 0 Å². The number of aliphatic imine (C=N–C) groups is 1. The van der Waals surface area contributed by atoms with Gasteiger partial charge in [-0.25, -0.2) is 4.98 Å². The van der Waals surface area contributed by atoms with Crippen molar-refractivity contribution in [3.8, 4) is 33.9 Å². The molecule has 6 heteroatoms. The van der Waals surface area contributed by atoms with Crippen LogP contribution in [0.4, 0.5) is 22.9 Å². The number of ether oxygens (including phenoxy) is 1. The Labute approximate surface area is 421 Å². The number of benzene rings is 6. The van der Waals surface area contributed by atoms with Crippen molar-refractivity contribution < 1.29 is 4.74 Å². The molecule has 0 N–H and O–H groups in total. The molecule has 0 fully saturated rings. The molecule has 3 aliphatic rings. The van der Waals surface area contributed by atoms with E-state index in [2.05, 4.69) is 216 Å². The molecule has 0 spiro atoms. The van der Waals surface area contributed by atoms with Crippen molar-refractivity contribution >= 4 is 28.7 Å². The number of aromatic nitrogens is 2. The summed E-state index contributed by atoms with van der Waals surface area (Å²) in [6.45, 7) is 31.7. The van der Waals surface area contributed by atoms with Gasteiger partial charge in [-0.05, 0) is 184 Å². The van der Waals surface area contributed by atoms with E-state index in [0.717, 1.165) is 51.2 Å². The predicted octanol–water partition coefficient (Wildman–Crippen LogP) is 16.7. The minimum absolute atomic E-state index is 0.00207. The smallest absolute Gasteiger partial charge is 0.141 e. The van der Waals surface area contributed by atoms with Gasteiger partial charge >= 0.3 is 0 Å². The number of amidine groups is 1. The molecular weight excluding hydrogens is 867 g/mol. The lowest BCUT2D eigenvalue weighted by Crippen LogP contribution is -2.41. The maximum atomic E-state index is 7.21. The molecule has 0 radical (unpaired) electrons. The van der Waals surface area contributed by atoms with Crippen LogP contribution in [-0.2, 0) is 16.4 Å². The van der Waals surface area contributed by atoms with Crippen LogP contribution in [0.1, 0.15) is 125 Å². The SMILES string of the molecule is Cc1cc(Oc2cc(C3=N[C@]4(C)c5cc(C)cc(C)c5-c5c(C)cc(C)cc5[C@@H]4N3c3c(C)cc(C)cc3C)cc(-c3ccccn3)c2)cc(N2c3ccc(C(C)(C)C)cc3C(C)(C)c3cccnc32)c1. The van der Waals surface area contributed by atoms with Gasteiger partial charge < -0.3 is 9.64 Å². The standard InChI is InChI=1S/C65H65N5O/c1-37-26-43(7)59(44(8)27-37)70-60-51-30-38(2)24-41(5)57(51)58-42(6)25-39(3)31-54(58)65(60,14)68-61(70)46-32-45(55-19-15-16-22-66-55)33-50(34-46)71-49-29-40(4)28-48(36-49)69-56-21-20-47(63(9,10)11)35-53(56)64(12,13)52-18-17-23-67-62(52)69/h15-36,60H,1-14H3/t60-,65+/m0/s1. The molecule has 6 nitrogen and oxygen atoms in total. The molecule has 4 heterocycles. The van der Waals surface area contributed by atoms with Crippen molar-refractivity contribution in [2.24, 2.45) is 4.99 Å².